The molecule has 0 bridgehead atoms. The molecule has 0 aromatic heterocycles. The standard InChI is InChI=1S/C16H26N2O2S/c1-2-4-14-7-9-18(10-8-14)21(19,20)13-16-6-3-5-15(11-16)12-17/h3,5-6,11,14H,2,4,7-10,12-13,17H2,1H3. The summed E-state index contributed by atoms with van der Waals surface area (Å²) < 4.78 is 26.7. The number of hydrogen-bond donors (Lipinski definition) is 1. The molecule has 0 unspecified atom stereocenters. The van der Waals surface area contributed by atoms with Gasteiger partial charge in [-0.25, -0.2) is 12.7 Å². The lowest BCUT2D eigenvalue weighted by Crippen LogP contribution is -2.39. The summed E-state index contributed by atoms with van der Waals surface area (Å²) in [5, 5.41) is 0. The van der Waals surface area contributed by atoms with Gasteiger partial charge in [0.15, 0.2) is 0 Å². The van der Waals surface area contributed by atoms with E-state index in [0.717, 1.165) is 24.0 Å². The van der Waals surface area contributed by atoms with Gasteiger partial charge in [-0.3, -0.25) is 0 Å². The van der Waals surface area contributed by atoms with Crippen molar-refractivity contribution in [2.75, 3.05) is 13.1 Å². The smallest absolute Gasteiger partial charge is 0.218 e. The van der Waals surface area contributed by atoms with Crippen LogP contribution in [0.15, 0.2) is 24.3 Å². The van der Waals surface area contributed by atoms with E-state index in [2.05, 4.69) is 6.92 Å². The van der Waals surface area contributed by atoms with Crippen molar-refractivity contribution in [3.05, 3.63) is 35.4 Å². The number of nitrogens with zero attached hydrogens (tertiary/aromatic N) is 1. The van der Waals surface area contributed by atoms with Gasteiger partial charge in [-0.05, 0) is 29.9 Å². The van der Waals surface area contributed by atoms with Crippen molar-refractivity contribution in [1.29, 1.82) is 0 Å². The van der Waals surface area contributed by atoms with E-state index >= 15 is 0 Å². The molecule has 0 spiro atoms. The van der Waals surface area contributed by atoms with Gasteiger partial charge in [-0.15, -0.1) is 0 Å². The first kappa shape index (κ1) is 16.5. The predicted octanol–water partition coefficient (Wildman–Crippen LogP) is 2.49. The highest BCUT2D eigenvalue weighted by Crippen LogP contribution is 2.24. The quantitative estimate of drug-likeness (QED) is 0.878. The molecule has 1 fully saturated rings. The third-order valence-corrected chi connectivity index (χ3v) is 6.09. The first-order valence-corrected chi connectivity index (χ1v) is 9.41. The van der Waals surface area contributed by atoms with Gasteiger partial charge in [0.25, 0.3) is 0 Å². The maximum absolute atomic E-state index is 12.5. The Balaban J connectivity index is 1.99. The van der Waals surface area contributed by atoms with Gasteiger partial charge in [0.1, 0.15) is 0 Å². The normalized spacial score (nSPS) is 18.0. The van der Waals surface area contributed by atoms with Crippen molar-refractivity contribution in [1.82, 2.24) is 4.31 Å². The molecular weight excluding hydrogens is 284 g/mol. The highest BCUT2D eigenvalue weighted by atomic mass is 32.2. The molecule has 1 aliphatic heterocycles. The van der Waals surface area contributed by atoms with Crippen LogP contribution in [-0.4, -0.2) is 25.8 Å². The predicted molar refractivity (Wildman–Crippen MR) is 86.2 cm³/mol. The van der Waals surface area contributed by atoms with Gasteiger partial charge in [-0.1, -0.05) is 44.0 Å². The zero-order valence-electron chi connectivity index (χ0n) is 12.8. The Morgan fingerprint density at radius 2 is 1.90 bits per heavy atom. The van der Waals surface area contributed by atoms with Crippen LogP contribution < -0.4 is 5.73 Å². The van der Waals surface area contributed by atoms with Crippen molar-refractivity contribution in [2.45, 2.75) is 44.9 Å². The summed E-state index contributed by atoms with van der Waals surface area (Å²) in [5.41, 5.74) is 7.41. The topological polar surface area (TPSA) is 63.4 Å². The first-order valence-electron chi connectivity index (χ1n) is 7.81. The second-order valence-corrected chi connectivity index (χ2v) is 7.88. The van der Waals surface area contributed by atoms with Crippen LogP contribution in [0, 0.1) is 5.92 Å². The summed E-state index contributed by atoms with van der Waals surface area (Å²) in [5.74, 6) is 0.779. The van der Waals surface area contributed by atoms with Crippen molar-refractivity contribution in [3.63, 3.8) is 0 Å². The second kappa shape index (κ2) is 7.38. The average Bonchev–Trinajstić information content (AvgIpc) is 2.48. The largest absolute Gasteiger partial charge is 0.326 e. The highest BCUT2D eigenvalue weighted by molar-refractivity contribution is 7.88. The fourth-order valence-corrected chi connectivity index (χ4v) is 4.58. The van der Waals surface area contributed by atoms with Crippen LogP contribution in [0.4, 0.5) is 0 Å². The van der Waals surface area contributed by atoms with Gasteiger partial charge in [0.2, 0.25) is 10.0 Å². The van der Waals surface area contributed by atoms with Crippen LogP contribution in [0.3, 0.4) is 0 Å². The van der Waals surface area contributed by atoms with Gasteiger partial charge in [0, 0.05) is 19.6 Å². The molecule has 1 aliphatic rings. The number of piperidine rings is 1. The van der Waals surface area contributed by atoms with Crippen molar-refractivity contribution in [2.24, 2.45) is 11.7 Å². The minimum absolute atomic E-state index is 0.0826. The van der Waals surface area contributed by atoms with Crippen LogP contribution >= 0.6 is 0 Å². The monoisotopic (exact) mass is 310 g/mol. The summed E-state index contributed by atoms with van der Waals surface area (Å²) in [6.07, 6.45) is 4.39. The molecule has 1 aromatic rings. The van der Waals surface area contributed by atoms with Crippen molar-refractivity contribution >= 4 is 10.0 Å². The van der Waals surface area contributed by atoms with Gasteiger partial charge in [0.05, 0.1) is 5.75 Å². The lowest BCUT2D eigenvalue weighted by atomic mass is 9.94. The van der Waals surface area contributed by atoms with E-state index in [1.54, 1.807) is 4.31 Å². The van der Waals surface area contributed by atoms with Crippen LogP contribution in [0.25, 0.3) is 0 Å². The van der Waals surface area contributed by atoms with E-state index < -0.39 is 10.0 Å². The summed E-state index contributed by atoms with van der Waals surface area (Å²) >= 11 is 0. The molecule has 1 aromatic carbocycles. The third-order valence-electron chi connectivity index (χ3n) is 4.24. The molecule has 0 amide bonds. The Hall–Kier alpha value is -0.910. The molecule has 2 rings (SSSR count). The fraction of sp³-hybridized carbons (Fsp3) is 0.625. The molecule has 0 radical (unpaired) electrons. The summed E-state index contributed by atoms with van der Waals surface area (Å²) in [6, 6.07) is 7.55. The molecule has 4 nitrogen and oxygen atoms in total. The van der Waals surface area contributed by atoms with Crippen LogP contribution in [0.1, 0.15) is 43.7 Å². The number of benzene rings is 1. The van der Waals surface area contributed by atoms with E-state index in [0.29, 0.717) is 25.6 Å². The molecule has 0 aliphatic carbocycles. The number of rotatable bonds is 6. The zero-order valence-corrected chi connectivity index (χ0v) is 13.6. The molecule has 5 heteroatoms. The summed E-state index contributed by atoms with van der Waals surface area (Å²) in [6.45, 7) is 3.97. The number of hydrogen-bond acceptors (Lipinski definition) is 3. The van der Waals surface area contributed by atoms with Crippen molar-refractivity contribution < 1.29 is 8.42 Å². The summed E-state index contributed by atoms with van der Waals surface area (Å²) in [7, 11) is -3.21. The Kier molecular flexibility index (Phi) is 5.79. The Morgan fingerprint density at radius 3 is 2.52 bits per heavy atom. The molecule has 2 N–H and O–H groups in total. The first-order chi connectivity index (χ1) is 10.0. The van der Waals surface area contributed by atoms with Gasteiger partial charge in [-0.2, -0.15) is 0 Å². The van der Waals surface area contributed by atoms with E-state index in [1.807, 2.05) is 24.3 Å². The number of sulfonamides is 1. The Bertz CT molecular complexity index is 549. The Labute approximate surface area is 128 Å². The molecule has 118 valence electrons. The van der Waals surface area contributed by atoms with E-state index in [4.69, 9.17) is 5.73 Å². The van der Waals surface area contributed by atoms with E-state index in [9.17, 15) is 8.42 Å². The molecule has 1 saturated heterocycles. The molecule has 0 saturated carbocycles. The molecule has 0 atom stereocenters. The van der Waals surface area contributed by atoms with Crippen molar-refractivity contribution in [3.8, 4) is 0 Å². The second-order valence-electron chi connectivity index (χ2n) is 5.91. The van der Waals surface area contributed by atoms with E-state index in [1.165, 1.54) is 12.8 Å². The maximum atomic E-state index is 12.5. The lowest BCUT2D eigenvalue weighted by Gasteiger charge is -2.31. The van der Waals surface area contributed by atoms with Crippen LogP contribution in [0.5, 0.6) is 0 Å². The average molecular weight is 310 g/mol. The molecule has 21 heavy (non-hydrogen) atoms. The zero-order chi connectivity index (χ0) is 15.3. The Morgan fingerprint density at radius 1 is 1.24 bits per heavy atom. The molecule has 1 heterocycles. The molecular formula is C16H26N2O2S. The maximum Gasteiger partial charge on any atom is 0.218 e. The number of nitrogens with two attached hydrogens (primary N) is 1. The highest BCUT2D eigenvalue weighted by Gasteiger charge is 2.27. The SMILES string of the molecule is CCCC1CCN(S(=O)(=O)Cc2cccc(CN)c2)CC1. The van der Waals surface area contributed by atoms with Gasteiger partial charge < -0.3 is 5.73 Å². The van der Waals surface area contributed by atoms with E-state index in [-0.39, 0.29) is 5.75 Å². The minimum Gasteiger partial charge on any atom is -0.326 e. The fourth-order valence-electron chi connectivity index (χ4n) is 3.03. The van der Waals surface area contributed by atoms with Crippen LogP contribution in [-0.2, 0) is 22.3 Å². The minimum atomic E-state index is -3.21. The third kappa shape index (κ3) is 4.53. The van der Waals surface area contributed by atoms with Gasteiger partial charge >= 0.3 is 0 Å². The lowest BCUT2D eigenvalue weighted by molar-refractivity contribution is 0.262. The summed E-state index contributed by atoms with van der Waals surface area (Å²) in [4.78, 5) is 0. The van der Waals surface area contributed by atoms with Crippen LogP contribution in [0.2, 0.25) is 0 Å².